The number of aliphatic carboxylic acids is 1. The Hall–Kier alpha value is -4.25. The van der Waals surface area contributed by atoms with Crippen molar-refractivity contribution in [2.24, 2.45) is 0 Å². The third kappa shape index (κ3) is 5.58. The summed E-state index contributed by atoms with van der Waals surface area (Å²) in [5.41, 5.74) is 1.74. The van der Waals surface area contributed by atoms with E-state index in [0.717, 1.165) is 54.6 Å². The molecule has 2 aromatic heterocycles. The standard InChI is InChI=1S/C16H12F2N2O2.C16H14F2N2O.2C2H6/c17-10-2-1-3-11(18)13(10)12-6-9-8-4-5-16(7-8,15(21)22)14(9)20-19-12;17-11-2-1-3-12(18)14(11)13-6-10-9-4-5-16(7-9,8-21)15(10)20-19-13;2*1-2/h1-3,6,8H,4-5,7H2,(H,21,22);1-3,6,9,21H,4-5,7-8H2;2*1-2H3/t8-,16-;9-,16+;;/m11../s1. The quantitative estimate of drug-likeness (QED) is 0.215. The van der Waals surface area contributed by atoms with Gasteiger partial charge in [-0.3, -0.25) is 4.79 Å². The lowest BCUT2D eigenvalue weighted by Crippen LogP contribution is -2.32. The number of halogens is 4. The van der Waals surface area contributed by atoms with Crippen LogP contribution >= 0.6 is 0 Å². The van der Waals surface area contributed by atoms with Gasteiger partial charge in [0.2, 0.25) is 0 Å². The summed E-state index contributed by atoms with van der Waals surface area (Å²) >= 11 is 0. The minimum Gasteiger partial charge on any atom is -0.481 e. The second kappa shape index (κ2) is 13.5. The van der Waals surface area contributed by atoms with Crippen molar-refractivity contribution in [3.05, 3.63) is 94.3 Å². The van der Waals surface area contributed by atoms with Gasteiger partial charge in [-0.25, -0.2) is 17.6 Å². The van der Waals surface area contributed by atoms with E-state index in [2.05, 4.69) is 20.4 Å². The van der Waals surface area contributed by atoms with Crippen LogP contribution in [0.4, 0.5) is 17.6 Å². The molecule has 248 valence electrons. The molecule has 4 aliphatic rings. The van der Waals surface area contributed by atoms with Crippen molar-refractivity contribution >= 4 is 5.97 Å². The molecule has 47 heavy (non-hydrogen) atoms. The van der Waals surface area contributed by atoms with Crippen LogP contribution in [-0.4, -0.2) is 43.2 Å². The van der Waals surface area contributed by atoms with Crippen molar-refractivity contribution in [1.82, 2.24) is 20.4 Å². The predicted molar refractivity (Wildman–Crippen MR) is 169 cm³/mol. The molecule has 11 heteroatoms. The topological polar surface area (TPSA) is 109 Å². The highest BCUT2D eigenvalue weighted by molar-refractivity contribution is 5.84. The van der Waals surface area contributed by atoms with Crippen LogP contribution in [0.15, 0.2) is 48.5 Å². The van der Waals surface area contributed by atoms with Gasteiger partial charge in [-0.05, 0) is 97.9 Å². The van der Waals surface area contributed by atoms with Crippen molar-refractivity contribution in [3.8, 4) is 22.5 Å². The fraction of sp³-hybridized carbons (Fsp3) is 0.417. The summed E-state index contributed by atoms with van der Waals surface area (Å²) < 4.78 is 55.5. The summed E-state index contributed by atoms with van der Waals surface area (Å²) in [6.45, 7) is 8.05. The highest BCUT2D eigenvalue weighted by atomic mass is 19.1. The molecule has 4 bridgehead atoms. The molecule has 2 aromatic carbocycles. The molecule has 4 aliphatic carbocycles. The van der Waals surface area contributed by atoms with Crippen LogP contribution in [0.1, 0.15) is 101 Å². The molecule has 2 N–H and O–H groups in total. The largest absolute Gasteiger partial charge is 0.481 e. The summed E-state index contributed by atoms with van der Waals surface area (Å²) in [5.74, 6) is -3.18. The molecular weight excluding hydrogens is 612 g/mol. The first-order chi connectivity index (χ1) is 22.7. The maximum atomic E-state index is 13.9. The van der Waals surface area contributed by atoms with Crippen LogP contribution in [0, 0.1) is 23.3 Å². The third-order valence-corrected chi connectivity index (χ3v) is 9.75. The molecule has 0 aliphatic heterocycles. The van der Waals surface area contributed by atoms with E-state index in [4.69, 9.17) is 0 Å². The number of hydrogen-bond acceptors (Lipinski definition) is 6. The lowest BCUT2D eigenvalue weighted by atomic mass is 9.83. The van der Waals surface area contributed by atoms with E-state index >= 15 is 0 Å². The predicted octanol–water partition coefficient (Wildman–Crippen LogP) is 8.01. The molecular formula is C36H38F4N4O3. The molecule has 2 saturated carbocycles. The first-order valence-corrected chi connectivity index (χ1v) is 16.2. The van der Waals surface area contributed by atoms with Gasteiger partial charge in [-0.2, -0.15) is 15.3 Å². The van der Waals surface area contributed by atoms with E-state index in [1.807, 2.05) is 27.7 Å². The summed E-state index contributed by atoms with van der Waals surface area (Å²) in [7, 11) is 0. The summed E-state index contributed by atoms with van der Waals surface area (Å²) in [6.07, 6.45) is 4.54. The van der Waals surface area contributed by atoms with Gasteiger partial charge in [0.25, 0.3) is 0 Å². The van der Waals surface area contributed by atoms with Crippen molar-refractivity contribution in [2.45, 2.75) is 88.9 Å². The number of hydrogen-bond donors (Lipinski definition) is 2. The Morgan fingerprint density at radius 1 is 0.723 bits per heavy atom. The number of aliphatic hydroxyl groups is 1. The van der Waals surface area contributed by atoms with Crippen LogP contribution in [-0.2, 0) is 15.6 Å². The SMILES string of the molecule is CC.CC.O=C(O)[C@]12CC[C@H](C1)c1cc(-c3c(F)cccc3F)nnc12.OC[C@]12CC[C@H](C1)c1cc(-c3c(F)cccc3F)nnc12. The number of carboxylic acids is 1. The van der Waals surface area contributed by atoms with Crippen molar-refractivity contribution in [2.75, 3.05) is 6.61 Å². The molecule has 0 saturated heterocycles. The van der Waals surface area contributed by atoms with Crippen molar-refractivity contribution < 1.29 is 32.6 Å². The molecule has 4 aromatic rings. The van der Waals surface area contributed by atoms with Gasteiger partial charge in [0.1, 0.15) is 28.7 Å². The molecule has 2 fully saturated rings. The molecule has 2 heterocycles. The Labute approximate surface area is 271 Å². The summed E-state index contributed by atoms with van der Waals surface area (Å²) in [4.78, 5) is 11.6. The second-order valence-corrected chi connectivity index (χ2v) is 12.0. The van der Waals surface area contributed by atoms with Crippen LogP contribution in [0.5, 0.6) is 0 Å². The fourth-order valence-corrected chi connectivity index (χ4v) is 7.60. The zero-order chi connectivity index (χ0) is 34.1. The number of carboxylic acid groups (broad SMARTS) is 1. The normalized spacial score (nSPS) is 23.8. The number of aromatic nitrogens is 4. The van der Waals surface area contributed by atoms with Gasteiger partial charge in [0.15, 0.2) is 0 Å². The fourth-order valence-electron chi connectivity index (χ4n) is 7.60. The monoisotopic (exact) mass is 650 g/mol. The molecule has 0 spiro atoms. The first kappa shape index (κ1) is 34.1. The Balaban J connectivity index is 0.000000167. The Morgan fingerprint density at radius 2 is 1.17 bits per heavy atom. The lowest BCUT2D eigenvalue weighted by molar-refractivity contribution is -0.143. The number of benzene rings is 2. The Kier molecular flexibility index (Phi) is 9.77. The van der Waals surface area contributed by atoms with E-state index in [9.17, 15) is 32.6 Å². The van der Waals surface area contributed by atoms with Gasteiger partial charge < -0.3 is 10.2 Å². The van der Waals surface area contributed by atoms with E-state index in [-0.39, 0.29) is 40.5 Å². The van der Waals surface area contributed by atoms with Crippen LogP contribution in [0.2, 0.25) is 0 Å². The first-order valence-electron chi connectivity index (χ1n) is 16.2. The van der Waals surface area contributed by atoms with Crippen molar-refractivity contribution in [1.29, 1.82) is 0 Å². The molecule has 0 unspecified atom stereocenters. The summed E-state index contributed by atoms with van der Waals surface area (Å²) in [5, 5.41) is 35.3. The van der Waals surface area contributed by atoms with E-state index in [1.165, 1.54) is 24.3 Å². The van der Waals surface area contributed by atoms with Gasteiger partial charge in [0.05, 0.1) is 40.5 Å². The maximum absolute atomic E-state index is 13.9. The highest BCUT2D eigenvalue weighted by Crippen LogP contribution is 2.57. The highest BCUT2D eigenvalue weighted by Gasteiger charge is 2.56. The van der Waals surface area contributed by atoms with Gasteiger partial charge >= 0.3 is 5.97 Å². The molecule has 7 nitrogen and oxygen atoms in total. The van der Waals surface area contributed by atoms with Crippen LogP contribution in [0.3, 0.4) is 0 Å². The number of fused-ring (bicyclic) bond motifs is 10. The molecule has 0 radical (unpaired) electrons. The smallest absolute Gasteiger partial charge is 0.315 e. The minimum absolute atomic E-state index is 0.0542. The number of carbonyl (C=O) groups is 1. The zero-order valence-corrected chi connectivity index (χ0v) is 26.8. The number of rotatable bonds is 4. The zero-order valence-electron chi connectivity index (χ0n) is 26.8. The van der Waals surface area contributed by atoms with Gasteiger partial charge in [-0.15, -0.1) is 5.10 Å². The molecule has 4 atom stereocenters. The molecule has 8 rings (SSSR count). The van der Waals surface area contributed by atoms with Gasteiger partial charge in [0, 0.05) is 5.41 Å². The summed E-state index contributed by atoms with van der Waals surface area (Å²) in [6, 6.07) is 10.7. The number of aliphatic hydroxyl groups excluding tert-OH is 1. The van der Waals surface area contributed by atoms with Gasteiger partial charge in [-0.1, -0.05) is 39.8 Å². The number of nitrogens with zero attached hydrogens (tertiary/aromatic N) is 4. The minimum atomic E-state index is -0.973. The third-order valence-electron chi connectivity index (χ3n) is 9.75. The maximum Gasteiger partial charge on any atom is 0.315 e. The van der Waals surface area contributed by atoms with E-state index < -0.39 is 34.7 Å². The van der Waals surface area contributed by atoms with Crippen molar-refractivity contribution in [3.63, 3.8) is 0 Å². The average Bonchev–Trinajstić information content (AvgIpc) is 3.87. The van der Waals surface area contributed by atoms with E-state index in [0.29, 0.717) is 24.5 Å². The molecule has 0 amide bonds. The van der Waals surface area contributed by atoms with Crippen LogP contribution in [0.25, 0.3) is 22.5 Å². The Bertz CT molecular complexity index is 1760. The second-order valence-electron chi connectivity index (χ2n) is 12.0. The van der Waals surface area contributed by atoms with Crippen LogP contribution < -0.4 is 0 Å². The average molecular weight is 651 g/mol. The van der Waals surface area contributed by atoms with E-state index in [1.54, 1.807) is 12.1 Å². The lowest BCUT2D eigenvalue weighted by Gasteiger charge is -2.24. The Morgan fingerprint density at radius 3 is 1.66 bits per heavy atom.